The summed E-state index contributed by atoms with van der Waals surface area (Å²) in [4.78, 5) is 10.6. The van der Waals surface area contributed by atoms with E-state index in [0.717, 1.165) is 0 Å². The molecule has 0 saturated carbocycles. The molecule has 0 heterocycles. The molecule has 5 heteroatoms. The van der Waals surface area contributed by atoms with Crippen LogP contribution in [0.3, 0.4) is 0 Å². The Morgan fingerprint density at radius 3 is 2.93 bits per heavy atom. The van der Waals surface area contributed by atoms with Crippen molar-refractivity contribution in [2.75, 3.05) is 13.2 Å². The molecule has 0 aliphatic heterocycles. The Labute approximate surface area is 89.1 Å². The lowest BCUT2D eigenvalue weighted by Crippen LogP contribution is -2.56. The zero-order chi connectivity index (χ0) is 11.3. The molecule has 0 fully saturated rings. The summed E-state index contributed by atoms with van der Waals surface area (Å²) < 4.78 is 5.43. The molecule has 0 aromatic rings. The van der Waals surface area contributed by atoms with E-state index < -0.39 is 5.72 Å². The minimum absolute atomic E-state index is 0.0898. The minimum atomic E-state index is -0.965. The molecule has 0 aromatic carbocycles. The second-order valence-electron chi connectivity index (χ2n) is 3.45. The van der Waals surface area contributed by atoms with E-state index in [0.29, 0.717) is 13.2 Å². The van der Waals surface area contributed by atoms with Gasteiger partial charge in [0.05, 0.1) is 12.6 Å². The summed E-state index contributed by atoms with van der Waals surface area (Å²) in [6.45, 7) is 2.22. The van der Waals surface area contributed by atoms with Gasteiger partial charge in [-0.1, -0.05) is 18.2 Å². The summed E-state index contributed by atoms with van der Waals surface area (Å²) in [5.41, 5.74) is 10.7. The molecule has 84 valence electrons. The third-order valence-corrected chi connectivity index (χ3v) is 2.14. The molecule has 5 N–H and O–H groups in total. The molecule has 2 atom stereocenters. The Kier molecular flexibility index (Phi) is 4.02. The summed E-state index contributed by atoms with van der Waals surface area (Å²) in [6.07, 6.45) is 7.11. The van der Waals surface area contributed by atoms with Gasteiger partial charge in [-0.2, -0.15) is 0 Å². The van der Waals surface area contributed by atoms with Crippen LogP contribution in [-0.4, -0.2) is 30.8 Å². The maximum absolute atomic E-state index is 10.6. The first-order chi connectivity index (χ1) is 7.04. The molecular formula is C10H17N3O2. The molecule has 15 heavy (non-hydrogen) atoms. The average molecular weight is 211 g/mol. The van der Waals surface area contributed by atoms with Crippen LogP contribution in [0, 0.1) is 0 Å². The number of carbonyl (C=O) groups is 1. The lowest BCUT2D eigenvalue weighted by atomic mass is 10.0. The summed E-state index contributed by atoms with van der Waals surface area (Å²) in [6, 6.07) is -0.361. The number of hydrogen-bond donors (Lipinski definition) is 3. The smallest absolute Gasteiger partial charge is 0.216 e. The fourth-order valence-corrected chi connectivity index (χ4v) is 1.25. The van der Waals surface area contributed by atoms with Crippen molar-refractivity contribution in [1.29, 1.82) is 0 Å². The van der Waals surface area contributed by atoms with Gasteiger partial charge < -0.3 is 15.8 Å². The van der Waals surface area contributed by atoms with E-state index in [1.165, 1.54) is 6.92 Å². The Hall–Kier alpha value is -1.17. The summed E-state index contributed by atoms with van der Waals surface area (Å²) >= 11 is 0. The molecule has 1 aliphatic carbocycles. The molecule has 0 spiro atoms. The Morgan fingerprint density at radius 1 is 1.60 bits per heavy atom. The lowest BCUT2D eigenvalue weighted by molar-refractivity contribution is -0.119. The van der Waals surface area contributed by atoms with E-state index in [2.05, 4.69) is 5.32 Å². The van der Waals surface area contributed by atoms with Crippen molar-refractivity contribution in [3.05, 3.63) is 24.3 Å². The first-order valence-corrected chi connectivity index (χ1v) is 4.83. The van der Waals surface area contributed by atoms with Crippen LogP contribution < -0.4 is 16.8 Å². The molecule has 0 saturated heterocycles. The summed E-state index contributed by atoms with van der Waals surface area (Å²) in [5.74, 6) is -0.0898. The second kappa shape index (κ2) is 5.06. The highest BCUT2D eigenvalue weighted by molar-refractivity contribution is 5.72. The predicted octanol–water partition coefficient (Wildman–Crippen LogP) is -0.753. The van der Waals surface area contributed by atoms with E-state index in [1.54, 1.807) is 18.2 Å². The number of nitrogens with two attached hydrogens (primary N) is 2. The van der Waals surface area contributed by atoms with E-state index in [4.69, 9.17) is 16.2 Å². The van der Waals surface area contributed by atoms with Gasteiger partial charge in [0, 0.05) is 13.5 Å². The Balaban J connectivity index is 2.33. The normalized spacial score (nSPS) is 29.1. The number of amides is 1. The Morgan fingerprint density at radius 2 is 2.33 bits per heavy atom. The van der Waals surface area contributed by atoms with Crippen LogP contribution in [0.5, 0.6) is 0 Å². The van der Waals surface area contributed by atoms with Gasteiger partial charge >= 0.3 is 0 Å². The summed E-state index contributed by atoms with van der Waals surface area (Å²) in [7, 11) is 0. The van der Waals surface area contributed by atoms with Crippen molar-refractivity contribution in [3.8, 4) is 0 Å². The van der Waals surface area contributed by atoms with Crippen molar-refractivity contribution in [2.24, 2.45) is 11.5 Å². The number of hydrogen-bond acceptors (Lipinski definition) is 4. The standard InChI is InChI=1S/C10H17N3O2/c1-8(14)13-6-7-15-10(12)5-3-2-4-9(10)11/h2-5,9H,6-7,11-12H2,1H3,(H,13,14). The van der Waals surface area contributed by atoms with Crippen molar-refractivity contribution in [3.63, 3.8) is 0 Å². The van der Waals surface area contributed by atoms with E-state index >= 15 is 0 Å². The molecule has 0 radical (unpaired) electrons. The zero-order valence-corrected chi connectivity index (χ0v) is 8.77. The van der Waals surface area contributed by atoms with Gasteiger partial charge in [0.1, 0.15) is 0 Å². The number of carbonyl (C=O) groups excluding carboxylic acids is 1. The number of ether oxygens (including phenoxy) is 1. The van der Waals surface area contributed by atoms with Crippen LogP contribution in [0.4, 0.5) is 0 Å². The number of nitrogens with one attached hydrogen (secondary N) is 1. The van der Waals surface area contributed by atoms with Crippen LogP contribution in [0.2, 0.25) is 0 Å². The van der Waals surface area contributed by atoms with E-state index in [9.17, 15) is 4.79 Å². The molecule has 1 rings (SSSR count). The fraction of sp³-hybridized carbons (Fsp3) is 0.500. The second-order valence-corrected chi connectivity index (χ2v) is 3.45. The van der Waals surface area contributed by atoms with Crippen LogP contribution in [0.15, 0.2) is 24.3 Å². The van der Waals surface area contributed by atoms with Crippen molar-refractivity contribution in [2.45, 2.75) is 18.7 Å². The van der Waals surface area contributed by atoms with Crippen LogP contribution in [-0.2, 0) is 9.53 Å². The SMILES string of the molecule is CC(=O)NCCOC1(N)C=CC=CC1N. The molecule has 0 bridgehead atoms. The van der Waals surface area contributed by atoms with Gasteiger partial charge in [-0.3, -0.25) is 10.5 Å². The van der Waals surface area contributed by atoms with Gasteiger partial charge in [0.25, 0.3) is 0 Å². The number of rotatable bonds is 4. The molecule has 1 amide bonds. The first-order valence-electron chi connectivity index (χ1n) is 4.83. The zero-order valence-electron chi connectivity index (χ0n) is 8.77. The highest BCUT2D eigenvalue weighted by atomic mass is 16.5. The highest BCUT2D eigenvalue weighted by Crippen LogP contribution is 2.14. The predicted molar refractivity (Wildman–Crippen MR) is 57.8 cm³/mol. The average Bonchev–Trinajstić information content (AvgIpc) is 2.18. The van der Waals surface area contributed by atoms with Crippen LogP contribution in [0.1, 0.15) is 6.92 Å². The largest absolute Gasteiger partial charge is 0.354 e. The minimum Gasteiger partial charge on any atom is -0.354 e. The fourth-order valence-electron chi connectivity index (χ4n) is 1.25. The van der Waals surface area contributed by atoms with Crippen LogP contribution >= 0.6 is 0 Å². The van der Waals surface area contributed by atoms with E-state index in [1.807, 2.05) is 6.08 Å². The molecule has 5 nitrogen and oxygen atoms in total. The van der Waals surface area contributed by atoms with Gasteiger partial charge in [-0.05, 0) is 6.08 Å². The van der Waals surface area contributed by atoms with Gasteiger partial charge in [-0.15, -0.1) is 0 Å². The van der Waals surface area contributed by atoms with Crippen LogP contribution in [0.25, 0.3) is 0 Å². The topological polar surface area (TPSA) is 90.4 Å². The van der Waals surface area contributed by atoms with Crippen molar-refractivity contribution < 1.29 is 9.53 Å². The van der Waals surface area contributed by atoms with Gasteiger partial charge in [0.2, 0.25) is 5.91 Å². The van der Waals surface area contributed by atoms with Gasteiger partial charge in [-0.25, -0.2) is 0 Å². The van der Waals surface area contributed by atoms with Gasteiger partial charge in [0.15, 0.2) is 5.72 Å². The third kappa shape index (κ3) is 3.47. The van der Waals surface area contributed by atoms with Crippen molar-refractivity contribution >= 4 is 5.91 Å². The number of allylic oxidation sites excluding steroid dienone is 2. The maximum Gasteiger partial charge on any atom is 0.216 e. The highest BCUT2D eigenvalue weighted by Gasteiger charge is 2.30. The lowest BCUT2D eigenvalue weighted by Gasteiger charge is -2.32. The molecule has 1 aliphatic rings. The van der Waals surface area contributed by atoms with Crippen molar-refractivity contribution in [1.82, 2.24) is 5.32 Å². The maximum atomic E-state index is 10.6. The quantitative estimate of drug-likeness (QED) is 0.421. The molecule has 2 unspecified atom stereocenters. The molecular weight excluding hydrogens is 194 g/mol. The third-order valence-electron chi connectivity index (χ3n) is 2.14. The first kappa shape index (κ1) is 11.9. The summed E-state index contributed by atoms with van der Waals surface area (Å²) in [5, 5.41) is 2.61. The monoisotopic (exact) mass is 211 g/mol. The molecule has 0 aromatic heterocycles. The van der Waals surface area contributed by atoms with E-state index in [-0.39, 0.29) is 11.9 Å². The Bertz CT molecular complexity index is 288.